The maximum Gasteiger partial charge on any atom is 0.0235 e. The standard InChI is InChI=1S/C13H25N3/c1-10-8-15(7-5-13(10)14)12-4-6-16(9-12)11-2-3-11/h10-13H,2-9,14H2,1H3. The molecule has 3 fully saturated rings. The van der Waals surface area contributed by atoms with Crippen LogP contribution in [0.25, 0.3) is 0 Å². The molecule has 0 bridgehead atoms. The van der Waals surface area contributed by atoms with Crippen LogP contribution in [0.2, 0.25) is 0 Å². The quantitative estimate of drug-likeness (QED) is 0.755. The summed E-state index contributed by atoms with van der Waals surface area (Å²) in [5.74, 6) is 0.684. The third-order valence-corrected chi connectivity index (χ3v) is 4.78. The fourth-order valence-electron chi connectivity index (χ4n) is 3.37. The Morgan fingerprint density at radius 1 is 0.875 bits per heavy atom. The second kappa shape index (κ2) is 4.28. The van der Waals surface area contributed by atoms with Crippen molar-refractivity contribution in [3.63, 3.8) is 0 Å². The Balaban J connectivity index is 1.53. The molecule has 92 valence electrons. The summed E-state index contributed by atoms with van der Waals surface area (Å²) >= 11 is 0. The predicted molar refractivity (Wildman–Crippen MR) is 66.3 cm³/mol. The summed E-state index contributed by atoms with van der Waals surface area (Å²) in [5.41, 5.74) is 6.09. The first-order chi connectivity index (χ1) is 7.74. The SMILES string of the molecule is CC1CN(C2CCN(C3CC3)C2)CCC1N. The average molecular weight is 223 g/mol. The van der Waals surface area contributed by atoms with Gasteiger partial charge in [0.1, 0.15) is 0 Å². The molecule has 0 amide bonds. The largest absolute Gasteiger partial charge is 0.327 e. The van der Waals surface area contributed by atoms with Crippen LogP contribution in [0.4, 0.5) is 0 Å². The molecule has 0 spiro atoms. The van der Waals surface area contributed by atoms with Gasteiger partial charge in [-0.1, -0.05) is 6.92 Å². The van der Waals surface area contributed by atoms with Crippen molar-refractivity contribution in [1.82, 2.24) is 9.80 Å². The minimum absolute atomic E-state index is 0.442. The third kappa shape index (κ3) is 2.13. The van der Waals surface area contributed by atoms with Gasteiger partial charge in [0.25, 0.3) is 0 Å². The molecule has 0 aromatic carbocycles. The van der Waals surface area contributed by atoms with Crippen LogP contribution in [0.1, 0.15) is 32.6 Å². The van der Waals surface area contributed by atoms with Crippen LogP contribution in [0.5, 0.6) is 0 Å². The Morgan fingerprint density at radius 2 is 1.56 bits per heavy atom. The van der Waals surface area contributed by atoms with Gasteiger partial charge in [-0.05, 0) is 38.1 Å². The number of nitrogens with zero attached hydrogens (tertiary/aromatic N) is 2. The molecule has 1 saturated carbocycles. The smallest absolute Gasteiger partial charge is 0.0235 e. The lowest BCUT2D eigenvalue weighted by atomic mass is 9.93. The summed E-state index contributed by atoms with van der Waals surface area (Å²) in [6.45, 7) is 7.43. The second-order valence-electron chi connectivity index (χ2n) is 6.09. The lowest BCUT2D eigenvalue weighted by Crippen LogP contribution is -2.50. The van der Waals surface area contributed by atoms with Gasteiger partial charge in [-0.2, -0.15) is 0 Å². The van der Waals surface area contributed by atoms with Crippen molar-refractivity contribution in [2.75, 3.05) is 26.2 Å². The molecule has 3 atom stereocenters. The van der Waals surface area contributed by atoms with E-state index in [2.05, 4.69) is 16.7 Å². The zero-order valence-corrected chi connectivity index (χ0v) is 10.4. The fraction of sp³-hybridized carbons (Fsp3) is 1.00. The van der Waals surface area contributed by atoms with E-state index in [4.69, 9.17) is 5.73 Å². The summed E-state index contributed by atoms with van der Waals surface area (Å²) in [6, 6.07) is 2.22. The molecule has 3 nitrogen and oxygen atoms in total. The predicted octanol–water partition coefficient (Wildman–Crippen LogP) is 0.892. The third-order valence-electron chi connectivity index (χ3n) is 4.78. The monoisotopic (exact) mass is 223 g/mol. The van der Waals surface area contributed by atoms with E-state index in [1.54, 1.807) is 0 Å². The van der Waals surface area contributed by atoms with E-state index in [9.17, 15) is 0 Å². The average Bonchev–Trinajstić information content (AvgIpc) is 3.01. The molecular formula is C13H25N3. The molecular weight excluding hydrogens is 198 g/mol. The van der Waals surface area contributed by atoms with E-state index in [0.717, 1.165) is 12.1 Å². The number of piperidine rings is 1. The number of hydrogen-bond donors (Lipinski definition) is 1. The first kappa shape index (κ1) is 11.0. The van der Waals surface area contributed by atoms with Crippen LogP contribution in [0.3, 0.4) is 0 Å². The minimum atomic E-state index is 0.442. The summed E-state index contributed by atoms with van der Waals surface area (Å²) in [4.78, 5) is 5.42. The highest BCUT2D eigenvalue weighted by Gasteiger charge is 2.37. The molecule has 0 aromatic rings. The van der Waals surface area contributed by atoms with Crippen LogP contribution >= 0.6 is 0 Å². The van der Waals surface area contributed by atoms with E-state index in [1.807, 2.05) is 0 Å². The highest BCUT2D eigenvalue weighted by Crippen LogP contribution is 2.32. The molecule has 2 heterocycles. The Hall–Kier alpha value is -0.120. The van der Waals surface area contributed by atoms with Gasteiger partial charge in [0, 0.05) is 37.8 Å². The van der Waals surface area contributed by atoms with E-state index < -0.39 is 0 Å². The second-order valence-corrected chi connectivity index (χ2v) is 6.09. The molecule has 16 heavy (non-hydrogen) atoms. The molecule has 2 saturated heterocycles. The molecule has 3 heteroatoms. The van der Waals surface area contributed by atoms with Gasteiger partial charge in [-0.15, -0.1) is 0 Å². The molecule has 1 aliphatic carbocycles. The fourth-order valence-corrected chi connectivity index (χ4v) is 3.37. The number of rotatable bonds is 2. The van der Waals surface area contributed by atoms with Crippen molar-refractivity contribution in [3.8, 4) is 0 Å². The number of nitrogens with two attached hydrogens (primary N) is 1. The maximum absolute atomic E-state index is 6.09. The number of hydrogen-bond acceptors (Lipinski definition) is 3. The first-order valence-electron chi connectivity index (χ1n) is 6.97. The Kier molecular flexibility index (Phi) is 2.94. The Labute approximate surface area is 99.0 Å². The zero-order valence-electron chi connectivity index (χ0n) is 10.4. The first-order valence-corrected chi connectivity index (χ1v) is 6.97. The highest BCUT2D eigenvalue weighted by atomic mass is 15.3. The van der Waals surface area contributed by atoms with E-state index in [1.165, 1.54) is 51.9 Å². The van der Waals surface area contributed by atoms with Crippen LogP contribution in [0.15, 0.2) is 0 Å². The Morgan fingerprint density at radius 3 is 2.25 bits per heavy atom. The summed E-state index contributed by atoms with van der Waals surface area (Å²) in [7, 11) is 0. The minimum Gasteiger partial charge on any atom is -0.327 e. The van der Waals surface area contributed by atoms with Gasteiger partial charge < -0.3 is 5.73 Å². The van der Waals surface area contributed by atoms with Gasteiger partial charge in [0.15, 0.2) is 0 Å². The summed E-state index contributed by atoms with van der Waals surface area (Å²) < 4.78 is 0. The number of likely N-dealkylation sites (tertiary alicyclic amines) is 2. The van der Waals surface area contributed by atoms with Crippen LogP contribution in [-0.2, 0) is 0 Å². The molecule has 3 aliphatic rings. The van der Waals surface area contributed by atoms with Crippen molar-refractivity contribution in [2.24, 2.45) is 11.7 Å². The molecule has 2 aliphatic heterocycles. The van der Waals surface area contributed by atoms with Gasteiger partial charge in [-0.3, -0.25) is 9.80 Å². The summed E-state index contributed by atoms with van der Waals surface area (Å²) in [5, 5.41) is 0. The van der Waals surface area contributed by atoms with Gasteiger partial charge in [0.05, 0.1) is 0 Å². The molecule has 0 aromatic heterocycles. The van der Waals surface area contributed by atoms with Gasteiger partial charge in [0.2, 0.25) is 0 Å². The van der Waals surface area contributed by atoms with E-state index >= 15 is 0 Å². The van der Waals surface area contributed by atoms with Gasteiger partial charge >= 0.3 is 0 Å². The van der Waals surface area contributed by atoms with Crippen LogP contribution in [-0.4, -0.2) is 54.1 Å². The van der Waals surface area contributed by atoms with Gasteiger partial charge in [-0.25, -0.2) is 0 Å². The molecule has 2 N–H and O–H groups in total. The Bertz CT molecular complexity index is 252. The normalized spacial score (nSPS) is 42.8. The molecule has 3 rings (SSSR count). The topological polar surface area (TPSA) is 32.5 Å². The van der Waals surface area contributed by atoms with E-state index in [-0.39, 0.29) is 0 Å². The highest BCUT2D eigenvalue weighted by molar-refractivity contribution is 4.94. The lowest BCUT2D eigenvalue weighted by Gasteiger charge is -2.38. The van der Waals surface area contributed by atoms with Crippen molar-refractivity contribution in [2.45, 2.75) is 50.7 Å². The van der Waals surface area contributed by atoms with Crippen molar-refractivity contribution in [3.05, 3.63) is 0 Å². The molecule has 0 radical (unpaired) electrons. The van der Waals surface area contributed by atoms with Crippen LogP contribution < -0.4 is 5.73 Å². The zero-order chi connectivity index (χ0) is 11.1. The van der Waals surface area contributed by atoms with Crippen molar-refractivity contribution < 1.29 is 0 Å². The summed E-state index contributed by atoms with van der Waals surface area (Å²) in [6.07, 6.45) is 5.49. The van der Waals surface area contributed by atoms with Crippen molar-refractivity contribution in [1.29, 1.82) is 0 Å². The van der Waals surface area contributed by atoms with Crippen LogP contribution in [0, 0.1) is 5.92 Å². The van der Waals surface area contributed by atoms with Crippen molar-refractivity contribution >= 4 is 0 Å². The van der Waals surface area contributed by atoms with E-state index in [0.29, 0.717) is 12.0 Å². The lowest BCUT2D eigenvalue weighted by molar-refractivity contribution is 0.116. The molecule has 3 unspecified atom stereocenters. The maximum atomic E-state index is 6.09.